The molecule has 5 nitrogen and oxygen atoms in total. The Labute approximate surface area is 108 Å². The molecule has 2 N–H and O–H groups in total. The van der Waals surface area contributed by atoms with Gasteiger partial charge in [-0.1, -0.05) is 0 Å². The molecule has 2 rings (SSSR count). The Balaban J connectivity index is 2.09. The van der Waals surface area contributed by atoms with Crippen molar-refractivity contribution in [3.63, 3.8) is 0 Å². The number of carbonyl (C=O) groups is 1. The second-order valence-electron chi connectivity index (χ2n) is 3.87. The highest BCUT2D eigenvalue weighted by atomic mass is 79.9. The lowest BCUT2D eigenvalue weighted by molar-refractivity contribution is -0.0167. The van der Waals surface area contributed by atoms with E-state index in [4.69, 9.17) is 10.5 Å². The number of hydrogen-bond donors (Lipinski definition) is 1. The average Bonchev–Trinajstić information content (AvgIpc) is 2.38. The van der Waals surface area contributed by atoms with Crippen LogP contribution < -0.4 is 5.73 Å². The summed E-state index contributed by atoms with van der Waals surface area (Å²) in [4.78, 5) is 17.9. The van der Waals surface area contributed by atoms with Gasteiger partial charge in [-0.05, 0) is 22.0 Å². The van der Waals surface area contributed by atoms with Gasteiger partial charge < -0.3 is 15.4 Å². The monoisotopic (exact) mass is 299 g/mol. The summed E-state index contributed by atoms with van der Waals surface area (Å²) in [6.07, 6.45) is 3.16. The van der Waals surface area contributed by atoms with Gasteiger partial charge in [0.05, 0.1) is 18.3 Å². The molecule has 1 atom stereocenters. The number of rotatable bonds is 2. The van der Waals surface area contributed by atoms with Gasteiger partial charge in [0.25, 0.3) is 5.91 Å². The standard InChI is InChI=1S/C11H14BrN3O2/c12-9-3-8(5-14-6-9)11(16)15-1-2-17-10(4-13)7-15/h3,5-6,10H,1-2,4,7,13H2. The molecule has 17 heavy (non-hydrogen) atoms. The number of hydrogen-bond acceptors (Lipinski definition) is 4. The highest BCUT2D eigenvalue weighted by Crippen LogP contribution is 2.13. The molecule has 2 heterocycles. The highest BCUT2D eigenvalue weighted by Gasteiger charge is 2.24. The molecule has 1 amide bonds. The Bertz CT molecular complexity index is 413. The van der Waals surface area contributed by atoms with Gasteiger partial charge in [-0.25, -0.2) is 0 Å². The zero-order chi connectivity index (χ0) is 12.3. The van der Waals surface area contributed by atoms with Crippen molar-refractivity contribution in [2.75, 3.05) is 26.2 Å². The van der Waals surface area contributed by atoms with E-state index in [-0.39, 0.29) is 12.0 Å². The van der Waals surface area contributed by atoms with Gasteiger partial charge in [-0.15, -0.1) is 0 Å². The maximum Gasteiger partial charge on any atom is 0.255 e. The maximum atomic E-state index is 12.2. The van der Waals surface area contributed by atoms with Crippen LogP contribution in [0.1, 0.15) is 10.4 Å². The predicted molar refractivity (Wildman–Crippen MR) is 66.6 cm³/mol. The quantitative estimate of drug-likeness (QED) is 0.870. The molecule has 92 valence electrons. The fourth-order valence-corrected chi connectivity index (χ4v) is 2.12. The van der Waals surface area contributed by atoms with Crippen molar-refractivity contribution in [1.82, 2.24) is 9.88 Å². The van der Waals surface area contributed by atoms with Crippen LogP contribution in [0.25, 0.3) is 0 Å². The number of pyridine rings is 1. The smallest absolute Gasteiger partial charge is 0.255 e. The first-order valence-corrected chi connectivity index (χ1v) is 6.21. The zero-order valence-electron chi connectivity index (χ0n) is 9.30. The van der Waals surface area contributed by atoms with E-state index in [0.717, 1.165) is 4.47 Å². The van der Waals surface area contributed by atoms with E-state index in [1.54, 1.807) is 23.4 Å². The fraction of sp³-hybridized carbons (Fsp3) is 0.455. The molecule has 0 spiro atoms. The Kier molecular flexibility index (Phi) is 4.09. The van der Waals surface area contributed by atoms with Crippen molar-refractivity contribution in [2.45, 2.75) is 6.10 Å². The van der Waals surface area contributed by atoms with Gasteiger partial charge in [0.2, 0.25) is 0 Å². The molecule has 0 aliphatic carbocycles. The molecule has 1 aliphatic heterocycles. The first kappa shape index (κ1) is 12.5. The SMILES string of the molecule is NCC1CN(C(=O)c2cncc(Br)c2)CCO1. The van der Waals surface area contributed by atoms with Gasteiger partial charge in [0.15, 0.2) is 0 Å². The van der Waals surface area contributed by atoms with Gasteiger partial charge in [-0.3, -0.25) is 9.78 Å². The van der Waals surface area contributed by atoms with Crippen LogP contribution in [0, 0.1) is 0 Å². The fourth-order valence-electron chi connectivity index (χ4n) is 1.76. The molecule has 1 aliphatic rings. The summed E-state index contributed by atoms with van der Waals surface area (Å²) >= 11 is 3.30. The molecule has 0 bridgehead atoms. The lowest BCUT2D eigenvalue weighted by Crippen LogP contribution is -2.48. The molecule has 0 aromatic carbocycles. The summed E-state index contributed by atoms with van der Waals surface area (Å²) in [7, 11) is 0. The van der Waals surface area contributed by atoms with E-state index in [1.165, 1.54) is 0 Å². The molecule has 6 heteroatoms. The van der Waals surface area contributed by atoms with Crippen LogP contribution in [-0.2, 0) is 4.74 Å². The Morgan fingerprint density at radius 1 is 1.65 bits per heavy atom. The first-order valence-electron chi connectivity index (χ1n) is 5.42. The second kappa shape index (κ2) is 5.57. The van der Waals surface area contributed by atoms with E-state index >= 15 is 0 Å². The van der Waals surface area contributed by atoms with Gasteiger partial charge in [0.1, 0.15) is 0 Å². The summed E-state index contributed by atoms with van der Waals surface area (Å²) in [6.45, 7) is 2.11. The normalized spacial score (nSPS) is 20.4. The molecular weight excluding hydrogens is 286 g/mol. The molecule has 1 unspecified atom stereocenters. The van der Waals surface area contributed by atoms with Crippen LogP contribution in [0.3, 0.4) is 0 Å². The van der Waals surface area contributed by atoms with Crippen molar-refractivity contribution in [2.24, 2.45) is 5.73 Å². The minimum absolute atomic E-state index is 0.0273. The van der Waals surface area contributed by atoms with E-state index in [1.807, 2.05) is 0 Å². The number of carbonyl (C=O) groups excluding carboxylic acids is 1. The highest BCUT2D eigenvalue weighted by molar-refractivity contribution is 9.10. The summed E-state index contributed by atoms with van der Waals surface area (Å²) in [6, 6.07) is 1.77. The number of amides is 1. The maximum absolute atomic E-state index is 12.2. The summed E-state index contributed by atoms with van der Waals surface area (Å²) < 4.78 is 6.22. The summed E-state index contributed by atoms with van der Waals surface area (Å²) in [5, 5.41) is 0. The van der Waals surface area contributed by atoms with E-state index in [2.05, 4.69) is 20.9 Å². The van der Waals surface area contributed by atoms with Crippen LogP contribution >= 0.6 is 15.9 Å². The van der Waals surface area contributed by atoms with Crippen LogP contribution in [-0.4, -0.2) is 48.1 Å². The summed E-state index contributed by atoms with van der Waals surface area (Å²) in [5.74, 6) is -0.0273. The molecule has 1 aromatic heterocycles. The Hall–Kier alpha value is -0.980. The molecule has 1 fully saturated rings. The number of nitrogens with zero attached hydrogens (tertiary/aromatic N) is 2. The topological polar surface area (TPSA) is 68.5 Å². The zero-order valence-corrected chi connectivity index (χ0v) is 10.9. The lowest BCUT2D eigenvalue weighted by atomic mass is 10.2. The number of ether oxygens (including phenoxy) is 1. The summed E-state index contributed by atoms with van der Waals surface area (Å²) in [5.41, 5.74) is 6.13. The minimum Gasteiger partial charge on any atom is -0.373 e. The van der Waals surface area contributed by atoms with E-state index < -0.39 is 0 Å². The van der Waals surface area contributed by atoms with Crippen LogP contribution in [0.15, 0.2) is 22.9 Å². The van der Waals surface area contributed by atoms with Crippen molar-refractivity contribution in [1.29, 1.82) is 0 Å². The van der Waals surface area contributed by atoms with Crippen molar-refractivity contribution >= 4 is 21.8 Å². The van der Waals surface area contributed by atoms with Crippen molar-refractivity contribution < 1.29 is 9.53 Å². The van der Waals surface area contributed by atoms with Crippen molar-refractivity contribution in [3.8, 4) is 0 Å². The van der Waals surface area contributed by atoms with Gasteiger partial charge >= 0.3 is 0 Å². The van der Waals surface area contributed by atoms with Crippen molar-refractivity contribution in [3.05, 3.63) is 28.5 Å². The lowest BCUT2D eigenvalue weighted by Gasteiger charge is -2.32. The molecular formula is C11H14BrN3O2. The Morgan fingerprint density at radius 3 is 3.18 bits per heavy atom. The number of nitrogens with two attached hydrogens (primary N) is 1. The van der Waals surface area contributed by atoms with E-state index in [9.17, 15) is 4.79 Å². The number of halogens is 1. The largest absolute Gasteiger partial charge is 0.373 e. The van der Waals surface area contributed by atoms with Gasteiger partial charge in [0, 0.05) is 36.5 Å². The van der Waals surface area contributed by atoms with E-state index in [0.29, 0.717) is 31.8 Å². The molecule has 0 saturated carbocycles. The second-order valence-corrected chi connectivity index (χ2v) is 4.79. The molecule has 0 radical (unpaired) electrons. The first-order chi connectivity index (χ1) is 8.20. The third kappa shape index (κ3) is 3.02. The molecule has 1 aromatic rings. The minimum atomic E-state index is -0.0622. The number of morpholine rings is 1. The Morgan fingerprint density at radius 2 is 2.47 bits per heavy atom. The molecule has 1 saturated heterocycles. The third-order valence-corrected chi connectivity index (χ3v) is 3.07. The number of aromatic nitrogens is 1. The van der Waals surface area contributed by atoms with Crippen LogP contribution in [0.4, 0.5) is 0 Å². The van der Waals surface area contributed by atoms with Crippen LogP contribution in [0.5, 0.6) is 0 Å². The third-order valence-electron chi connectivity index (χ3n) is 2.64. The van der Waals surface area contributed by atoms with Crippen LogP contribution in [0.2, 0.25) is 0 Å². The predicted octanol–water partition coefficient (Wildman–Crippen LogP) is 0.644. The average molecular weight is 300 g/mol. The van der Waals surface area contributed by atoms with Gasteiger partial charge in [-0.2, -0.15) is 0 Å².